The van der Waals surface area contributed by atoms with Gasteiger partial charge in [0, 0.05) is 18.4 Å². The van der Waals surface area contributed by atoms with Crippen molar-refractivity contribution >= 4 is 11.9 Å². The summed E-state index contributed by atoms with van der Waals surface area (Å²) < 4.78 is 2.04. The van der Waals surface area contributed by atoms with Crippen LogP contribution >= 0.6 is 11.9 Å². The Morgan fingerprint density at radius 1 is 1.11 bits per heavy atom. The first-order valence-corrected chi connectivity index (χ1v) is 3.62. The van der Waals surface area contributed by atoms with Crippen LogP contribution in [0, 0.1) is 0 Å². The summed E-state index contributed by atoms with van der Waals surface area (Å²) in [4.78, 5) is 0. The second-order valence-electron chi connectivity index (χ2n) is 1.42. The van der Waals surface area contributed by atoms with Crippen LogP contribution in [0.3, 0.4) is 0 Å². The molecule has 0 spiro atoms. The largest absolute Gasteiger partial charge is 1.00 e. The van der Waals surface area contributed by atoms with Gasteiger partial charge in [-0.3, -0.25) is 0 Å². The van der Waals surface area contributed by atoms with Gasteiger partial charge in [-0.05, 0) is 0 Å². The number of aromatic nitrogens is 1. The van der Waals surface area contributed by atoms with Crippen LogP contribution in [-0.2, 0) is 0 Å². The maximum Gasteiger partial charge on any atom is 0.183 e. The zero-order chi connectivity index (χ0) is 5.82. The van der Waals surface area contributed by atoms with Crippen molar-refractivity contribution in [1.29, 1.82) is 0 Å². The van der Waals surface area contributed by atoms with Gasteiger partial charge < -0.3 is 12.4 Å². The summed E-state index contributed by atoms with van der Waals surface area (Å²) in [6.45, 7) is 0. The van der Waals surface area contributed by atoms with Crippen LogP contribution in [0.15, 0.2) is 30.6 Å². The monoisotopic (exact) mass is 161 g/mol. The van der Waals surface area contributed by atoms with Crippen LogP contribution in [0.25, 0.3) is 0 Å². The quantitative estimate of drug-likeness (QED) is 0.436. The van der Waals surface area contributed by atoms with Crippen molar-refractivity contribution in [3.05, 3.63) is 30.6 Å². The third-order valence-electron chi connectivity index (χ3n) is 0.899. The molecule has 0 saturated carbocycles. The first-order valence-electron chi connectivity index (χ1n) is 2.44. The summed E-state index contributed by atoms with van der Waals surface area (Å²) in [5.74, 6) is 0. The molecular formula is C6H8ClNS. The highest BCUT2D eigenvalue weighted by Gasteiger charge is 1.89. The molecule has 0 aliphatic carbocycles. The van der Waals surface area contributed by atoms with Gasteiger partial charge in [-0.25, -0.2) is 0 Å². The smallest absolute Gasteiger partial charge is 0.183 e. The van der Waals surface area contributed by atoms with Gasteiger partial charge in [-0.1, -0.05) is 6.07 Å². The number of pyridine rings is 1. The van der Waals surface area contributed by atoms with Crippen molar-refractivity contribution in [2.75, 3.05) is 6.26 Å². The summed E-state index contributed by atoms with van der Waals surface area (Å²) in [6.07, 6.45) is 6.08. The number of hydrogen-bond donors (Lipinski definition) is 0. The number of rotatable bonds is 1. The summed E-state index contributed by atoms with van der Waals surface area (Å²) in [6, 6.07) is 6.03. The maximum atomic E-state index is 2.04. The highest BCUT2D eigenvalue weighted by molar-refractivity contribution is 7.92. The summed E-state index contributed by atoms with van der Waals surface area (Å²) in [5, 5.41) is 0. The van der Waals surface area contributed by atoms with Gasteiger partial charge in [-0.2, -0.15) is 0 Å². The van der Waals surface area contributed by atoms with Gasteiger partial charge in [-0.15, -0.1) is 3.97 Å². The van der Waals surface area contributed by atoms with Gasteiger partial charge in [0.2, 0.25) is 0 Å². The van der Waals surface area contributed by atoms with Crippen LogP contribution in [0.2, 0.25) is 0 Å². The van der Waals surface area contributed by atoms with Gasteiger partial charge in [0.25, 0.3) is 0 Å². The molecule has 0 atom stereocenters. The lowest BCUT2D eigenvalue weighted by molar-refractivity contribution is -0.493. The topological polar surface area (TPSA) is 3.88 Å². The van der Waals surface area contributed by atoms with E-state index in [2.05, 4.69) is 0 Å². The summed E-state index contributed by atoms with van der Waals surface area (Å²) in [5.41, 5.74) is 0. The minimum Gasteiger partial charge on any atom is -1.00 e. The first-order chi connectivity index (χ1) is 3.93. The molecule has 0 aliphatic rings. The van der Waals surface area contributed by atoms with Crippen molar-refractivity contribution in [1.82, 2.24) is 0 Å². The normalized spacial score (nSPS) is 8.11. The average Bonchev–Trinajstić information content (AvgIpc) is 1.90. The van der Waals surface area contributed by atoms with E-state index in [0.717, 1.165) is 0 Å². The minimum absolute atomic E-state index is 0. The zero-order valence-electron chi connectivity index (χ0n) is 5.12. The van der Waals surface area contributed by atoms with Crippen molar-refractivity contribution in [2.24, 2.45) is 0 Å². The molecule has 1 aromatic rings. The Kier molecular flexibility index (Phi) is 4.54. The lowest BCUT2D eigenvalue weighted by atomic mass is 10.5. The SMILES string of the molecule is CS[n+]1ccccc1.[Cl-]. The fourth-order valence-electron chi connectivity index (χ4n) is 0.505. The Hall–Kier alpha value is -0.210. The minimum atomic E-state index is 0. The zero-order valence-corrected chi connectivity index (χ0v) is 6.69. The number of nitrogens with zero attached hydrogens (tertiary/aromatic N) is 1. The van der Waals surface area contributed by atoms with Gasteiger partial charge in [0.15, 0.2) is 24.3 Å². The van der Waals surface area contributed by atoms with Crippen LogP contribution in [0.1, 0.15) is 0 Å². The first kappa shape index (κ1) is 8.79. The molecule has 1 rings (SSSR count). The third-order valence-corrected chi connectivity index (χ3v) is 1.56. The Bertz CT molecular complexity index is 154. The molecule has 1 nitrogen and oxygen atoms in total. The Balaban J connectivity index is 0.000000640. The van der Waals surface area contributed by atoms with E-state index in [1.54, 1.807) is 11.9 Å². The van der Waals surface area contributed by atoms with Crippen LogP contribution in [0.4, 0.5) is 0 Å². The van der Waals surface area contributed by atoms with E-state index in [1.807, 2.05) is 40.8 Å². The second-order valence-corrected chi connectivity index (χ2v) is 2.20. The Labute approximate surface area is 65.6 Å². The van der Waals surface area contributed by atoms with Gasteiger partial charge in [0.1, 0.15) is 0 Å². The van der Waals surface area contributed by atoms with E-state index in [9.17, 15) is 0 Å². The van der Waals surface area contributed by atoms with E-state index in [4.69, 9.17) is 0 Å². The molecule has 0 amide bonds. The van der Waals surface area contributed by atoms with Crippen molar-refractivity contribution < 1.29 is 16.4 Å². The molecule has 9 heavy (non-hydrogen) atoms. The molecule has 0 radical (unpaired) electrons. The van der Waals surface area contributed by atoms with E-state index >= 15 is 0 Å². The van der Waals surface area contributed by atoms with Crippen LogP contribution < -0.4 is 16.4 Å². The predicted octanol–water partition coefficient (Wildman–Crippen LogP) is -1.90. The van der Waals surface area contributed by atoms with Gasteiger partial charge >= 0.3 is 0 Å². The van der Waals surface area contributed by atoms with Gasteiger partial charge in [0.05, 0.1) is 0 Å². The molecule has 0 saturated heterocycles. The van der Waals surface area contributed by atoms with Crippen LogP contribution in [-0.4, -0.2) is 6.26 Å². The second kappa shape index (κ2) is 4.65. The van der Waals surface area contributed by atoms with E-state index in [-0.39, 0.29) is 12.4 Å². The molecule has 1 heterocycles. The molecule has 0 aliphatic heterocycles. The van der Waals surface area contributed by atoms with Crippen molar-refractivity contribution in [3.63, 3.8) is 0 Å². The fourth-order valence-corrected chi connectivity index (χ4v) is 0.889. The Morgan fingerprint density at radius 2 is 1.67 bits per heavy atom. The third kappa shape index (κ3) is 2.72. The number of hydrogen-bond acceptors (Lipinski definition) is 1. The van der Waals surface area contributed by atoms with E-state index < -0.39 is 0 Å². The maximum absolute atomic E-state index is 2.04. The molecule has 1 aromatic heterocycles. The molecule has 50 valence electrons. The Morgan fingerprint density at radius 3 is 2.00 bits per heavy atom. The highest BCUT2D eigenvalue weighted by atomic mass is 35.5. The molecule has 0 bridgehead atoms. The average molecular weight is 162 g/mol. The molecule has 3 heteroatoms. The summed E-state index contributed by atoms with van der Waals surface area (Å²) >= 11 is 1.69. The lowest BCUT2D eigenvalue weighted by Gasteiger charge is -1.81. The predicted molar refractivity (Wildman–Crippen MR) is 35.6 cm³/mol. The van der Waals surface area contributed by atoms with Crippen LogP contribution in [0.5, 0.6) is 0 Å². The molecule has 0 N–H and O–H groups in total. The summed E-state index contributed by atoms with van der Waals surface area (Å²) in [7, 11) is 0. The molecular weight excluding hydrogens is 154 g/mol. The van der Waals surface area contributed by atoms with E-state index in [1.165, 1.54) is 0 Å². The molecule has 0 fully saturated rings. The fraction of sp³-hybridized carbons (Fsp3) is 0.167. The number of halogens is 1. The van der Waals surface area contributed by atoms with Crippen molar-refractivity contribution in [2.45, 2.75) is 0 Å². The van der Waals surface area contributed by atoms with Crippen molar-refractivity contribution in [3.8, 4) is 0 Å². The van der Waals surface area contributed by atoms with E-state index in [0.29, 0.717) is 0 Å². The molecule has 0 aromatic carbocycles. The lowest BCUT2D eigenvalue weighted by Crippen LogP contribution is -3.00. The standard InChI is InChI=1S/C6H8NS.ClH/c1-8-7-5-3-2-4-6-7;/h2-6H,1H3;1H/q+1;/p-1. The molecule has 0 unspecified atom stereocenters. The highest BCUT2D eigenvalue weighted by Crippen LogP contribution is 1.83.